The third-order valence-corrected chi connectivity index (χ3v) is 4.00. The highest BCUT2D eigenvalue weighted by molar-refractivity contribution is 7.80. The first-order valence-corrected chi connectivity index (χ1v) is 9.06. The molecule has 0 unspecified atom stereocenters. The minimum atomic E-state index is -0.424. The zero-order valence-corrected chi connectivity index (χ0v) is 16.2. The second-order valence-electron chi connectivity index (χ2n) is 5.58. The van der Waals surface area contributed by atoms with E-state index in [1.165, 1.54) is 11.0 Å². The highest BCUT2D eigenvalue weighted by Gasteiger charge is 2.08. The molecule has 0 atom stereocenters. The molecule has 0 spiro atoms. The van der Waals surface area contributed by atoms with Crippen LogP contribution in [0.25, 0.3) is 5.69 Å². The Morgan fingerprint density at radius 3 is 2.61 bits per heavy atom. The van der Waals surface area contributed by atoms with Crippen molar-refractivity contribution in [2.45, 2.75) is 6.54 Å². The second-order valence-corrected chi connectivity index (χ2v) is 6.42. The SMILES string of the molecule is O=C(COc1ncn(-c2ccc(Cl)cc2)n1)NNC(=S)NCc1ccccc1. The first kappa shape index (κ1) is 19.6. The number of hydrogen-bond donors (Lipinski definition) is 3. The molecule has 3 rings (SSSR count). The van der Waals surface area contributed by atoms with E-state index in [1.54, 1.807) is 24.3 Å². The molecule has 0 saturated carbocycles. The van der Waals surface area contributed by atoms with E-state index in [1.807, 2.05) is 30.3 Å². The molecule has 1 aromatic heterocycles. The first-order valence-electron chi connectivity index (χ1n) is 8.27. The Morgan fingerprint density at radius 1 is 1.11 bits per heavy atom. The van der Waals surface area contributed by atoms with Gasteiger partial charge in [-0.05, 0) is 42.0 Å². The van der Waals surface area contributed by atoms with Crippen LogP contribution in [-0.4, -0.2) is 32.4 Å². The number of ether oxygens (including phenoxy) is 1. The van der Waals surface area contributed by atoms with Gasteiger partial charge in [0.25, 0.3) is 5.91 Å². The number of aromatic nitrogens is 3. The molecule has 0 radical (unpaired) electrons. The van der Waals surface area contributed by atoms with E-state index in [0.717, 1.165) is 11.3 Å². The molecule has 0 aliphatic rings. The van der Waals surface area contributed by atoms with Gasteiger partial charge < -0.3 is 10.1 Å². The minimum Gasteiger partial charge on any atom is -0.452 e. The number of nitrogens with zero attached hydrogens (tertiary/aromatic N) is 3. The molecule has 3 N–H and O–H groups in total. The molecule has 0 aliphatic heterocycles. The van der Waals surface area contributed by atoms with Crippen molar-refractivity contribution in [2.24, 2.45) is 0 Å². The van der Waals surface area contributed by atoms with E-state index >= 15 is 0 Å². The van der Waals surface area contributed by atoms with Crippen molar-refractivity contribution in [3.8, 4) is 11.7 Å². The summed E-state index contributed by atoms with van der Waals surface area (Å²) in [5.41, 5.74) is 6.89. The number of hydrazine groups is 1. The van der Waals surface area contributed by atoms with Gasteiger partial charge in [0, 0.05) is 11.6 Å². The Labute approximate surface area is 171 Å². The Balaban J connectivity index is 1.38. The summed E-state index contributed by atoms with van der Waals surface area (Å²) in [6.07, 6.45) is 1.48. The summed E-state index contributed by atoms with van der Waals surface area (Å²) in [7, 11) is 0. The van der Waals surface area contributed by atoms with E-state index in [2.05, 4.69) is 26.3 Å². The van der Waals surface area contributed by atoms with Crippen LogP contribution >= 0.6 is 23.8 Å². The fraction of sp³-hybridized carbons (Fsp3) is 0.111. The summed E-state index contributed by atoms with van der Waals surface area (Å²) < 4.78 is 6.79. The summed E-state index contributed by atoms with van der Waals surface area (Å²) in [6.45, 7) is 0.282. The van der Waals surface area contributed by atoms with Crippen LogP contribution in [0, 0.1) is 0 Å². The van der Waals surface area contributed by atoms with Crippen LogP contribution in [0.1, 0.15) is 5.56 Å². The summed E-state index contributed by atoms with van der Waals surface area (Å²) in [4.78, 5) is 15.8. The van der Waals surface area contributed by atoms with Crippen LogP contribution < -0.4 is 20.9 Å². The maximum absolute atomic E-state index is 11.8. The third-order valence-electron chi connectivity index (χ3n) is 3.51. The van der Waals surface area contributed by atoms with Crippen LogP contribution in [0.2, 0.25) is 5.02 Å². The lowest BCUT2D eigenvalue weighted by Crippen LogP contribution is -2.48. The molecule has 1 amide bonds. The molecule has 144 valence electrons. The van der Waals surface area contributed by atoms with Crippen LogP contribution in [0.3, 0.4) is 0 Å². The molecule has 0 bridgehead atoms. The Hall–Kier alpha value is -3.17. The molecular weight excluding hydrogens is 400 g/mol. The predicted molar refractivity (Wildman–Crippen MR) is 109 cm³/mol. The topological polar surface area (TPSA) is 93.1 Å². The van der Waals surface area contributed by atoms with Crippen molar-refractivity contribution >= 4 is 34.8 Å². The third kappa shape index (κ3) is 5.93. The smallest absolute Gasteiger partial charge is 0.336 e. The van der Waals surface area contributed by atoms with Gasteiger partial charge in [-0.1, -0.05) is 41.9 Å². The molecule has 0 aliphatic carbocycles. The van der Waals surface area contributed by atoms with Crippen LogP contribution in [0.5, 0.6) is 6.01 Å². The maximum Gasteiger partial charge on any atom is 0.336 e. The second kappa shape index (κ2) is 9.67. The average Bonchev–Trinajstić information content (AvgIpc) is 3.19. The van der Waals surface area contributed by atoms with Crippen molar-refractivity contribution in [3.05, 3.63) is 71.5 Å². The predicted octanol–water partition coefficient (Wildman–Crippen LogP) is 1.99. The first-order chi connectivity index (χ1) is 13.6. The van der Waals surface area contributed by atoms with Gasteiger partial charge in [-0.2, -0.15) is 4.98 Å². The molecule has 0 fully saturated rings. The number of benzene rings is 2. The average molecular weight is 417 g/mol. The zero-order valence-electron chi connectivity index (χ0n) is 14.6. The van der Waals surface area contributed by atoms with Crippen molar-refractivity contribution in [1.29, 1.82) is 0 Å². The molecule has 3 aromatic rings. The van der Waals surface area contributed by atoms with Gasteiger partial charge in [0.1, 0.15) is 6.33 Å². The van der Waals surface area contributed by atoms with E-state index in [4.69, 9.17) is 28.6 Å². The number of halogens is 1. The standard InChI is InChI=1S/C18H17ClN6O2S/c19-14-6-8-15(9-7-14)25-12-21-17(24-25)27-11-16(26)22-23-18(28)20-10-13-4-2-1-3-5-13/h1-9,12H,10-11H2,(H,22,26)(H2,20,23,28). The summed E-state index contributed by atoms with van der Waals surface area (Å²) >= 11 is 11.0. The van der Waals surface area contributed by atoms with E-state index in [-0.39, 0.29) is 12.6 Å². The number of nitrogens with one attached hydrogen (secondary N) is 3. The highest BCUT2D eigenvalue weighted by atomic mass is 35.5. The van der Waals surface area contributed by atoms with Crippen LogP contribution in [-0.2, 0) is 11.3 Å². The number of carbonyl (C=O) groups is 1. The Bertz CT molecular complexity index is 933. The van der Waals surface area contributed by atoms with Gasteiger partial charge in [-0.15, -0.1) is 5.10 Å². The fourth-order valence-corrected chi connectivity index (χ4v) is 2.40. The molecule has 0 saturated heterocycles. The summed E-state index contributed by atoms with van der Waals surface area (Å²) in [5.74, 6) is -0.424. The van der Waals surface area contributed by atoms with Crippen molar-refractivity contribution in [3.63, 3.8) is 0 Å². The molecule has 10 heteroatoms. The van der Waals surface area contributed by atoms with Gasteiger partial charge in [0.15, 0.2) is 11.7 Å². The maximum atomic E-state index is 11.8. The van der Waals surface area contributed by atoms with Gasteiger partial charge in [-0.3, -0.25) is 15.6 Å². The summed E-state index contributed by atoms with van der Waals surface area (Å²) in [5, 5.41) is 8.04. The van der Waals surface area contributed by atoms with Gasteiger partial charge in [0.05, 0.1) is 5.69 Å². The van der Waals surface area contributed by atoms with E-state index in [0.29, 0.717) is 16.7 Å². The Morgan fingerprint density at radius 2 is 1.86 bits per heavy atom. The number of rotatable bonds is 6. The lowest BCUT2D eigenvalue weighted by molar-refractivity contribution is -0.123. The van der Waals surface area contributed by atoms with Gasteiger partial charge in [0.2, 0.25) is 0 Å². The number of thiocarbonyl (C=S) groups is 1. The Kier molecular flexibility index (Phi) is 6.77. The molecule has 28 heavy (non-hydrogen) atoms. The lowest BCUT2D eigenvalue weighted by atomic mass is 10.2. The number of amides is 1. The highest BCUT2D eigenvalue weighted by Crippen LogP contribution is 2.13. The van der Waals surface area contributed by atoms with Crippen LogP contribution in [0.15, 0.2) is 60.9 Å². The minimum absolute atomic E-state index is 0.0786. The zero-order chi connectivity index (χ0) is 19.8. The van der Waals surface area contributed by atoms with E-state index in [9.17, 15) is 4.79 Å². The van der Waals surface area contributed by atoms with E-state index < -0.39 is 5.91 Å². The lowest BCUT2D eigenvalue weighted by Gasteiger charge is -2.11. The van der Waals surface area contributed by atoms with Crippen molar-refractivity contribution in [1.82, 2.24) is 30.9 Å². The molecular formula is C18H17ClN6O2S. The number of carbonyl (C=O) groups excluding carboxylic acids is 1. The summed E-state index contributed by atoms with van der Waals surface area (Å²) in [6, 6.07) is 16.9. The fourth-order valence-electron chi connectivity index (χ4n) is 2.15. The van der Waals surface area contributed by atoms with Crippen LogP contribution in [0.4, 0.5) is 0 Å². The monoisotopic (exact) mass is 416 g/mol. The largest absolute Gasteiger partial charge is 0.452 e. The molecule has 2 aromatic carbocycles. The van der Waals surface area contributed by atoms with Crippen molar-refractivity contribution < 1.29 is 9.53 Å². The molecule has 8 nitrogen and oxygen atoms in total. The normalized spacial score (nSPS) is 10.2. The van der Waals surface area contributed by atoms with Gasteiger partial charge in [-0.25, -0.2) is 4.68 Å². The molecule has 1 heterocycles. The van der Waals surface area contributed by atoms with Crippen molar-refractivity contribution in [2.75, 3.05) is 6.61 Å². The quantitative estimate of drug-likeness (QED) is 0.418. The van der Waals surface area contributed by atoms with Gasteiger partial charge >= 0.3 is 6.01 Å². The number of hydrogen-bond acceptors (Lipinski definition) is 5.